The van der Waals surface area contributed by atoms with Crippen LogP contribution in [-0.2, 0) is 13.0 Å². The summed E-state index contributed by atoms with van der Waals surface area (Å²) >= 11 is 1.54. The Labute approximate surface area is 136 Å². The molecule has 4 heterocycles. The second-order valence-corrected chi connectivity index (χ2v) is 6.80. The van der Waals surface area contributed by atoms with Crippen LogP contribution in [0.15, 0.2) is 12.4 Å². The van der Waals surface area contributed by atoms with Gasteiger partial charge in [0, 0.05) is 13.1 Å². The van der Waals surface area contributed by atoms with Gasteiger partial charge in [0.2, 0.25) is 10.1 Å². The quantitative estimate of drug-likeness (QED) is 0.744. The summed E-state index contributed by atoms with van der Waals surface area (Å²) in [5.74, 6) is 0.0200. The first-order valence-corrected chi connectivity index (χ1v) is 8.33. The minimum Gasteiger partial charge on any atom is -0.365 e. The molecule has 0 saturated heterocycles. The SMILES string of the molecule is Cc1cn2nc(NC[C@@H]3CCn4ncc(C(N)=O)c4C3)sc2n1. The van der Waals surface area contributed by atoms with Gasteiger partial charge >= 0.3 is 0 Å². The molecule has 0 saturated carbocycles. The maximum atomic E-state index is 11.5. The number of carbonyl (C=O) groups is 1. The molecule has 8 nitrogen and oxygen atoms in total. The Morgan fingerprint density at radius 3 is 3.22 bits per heavy atom. The Bertz CT molecular complexity index is 846. The molecule has 0 aromatic carbocycles. The van der Waals surface area contributed by atoms with Crippen LogP contribution in [0.5, 0.6) is 0 Å². The van der Waals surface area contributed by atoms with Gasteiger partial charge < -0.3 is 11.1 Å². The molecule has 3 aromatic heterocycles. The van der Waals surface area contributed by atoms with Crippen molar-refractivity contribution in [2.45, 2.75) is 26.3 Å². The molecule has 1 aliphatic heterocycles. The van der Waals surface area contributed by atoms with E-state index >= 15 is 0 Å². The minimum atomic E-state index is -0.406. The number of anilines is 1. The number of carbonyl (C=O) groups excluding carboxylic acids is 1. The van der Waals surface area contributed by atoms with E-state index in [1.165, 1.54) is 11.3 Å². The Balaban J connectivity index is 1.44. The van der Waals surface area contributed by atoms with Crippen LogP contribution >= 0.6 is 11.3 Å². The Morgan fingerprint density at radius 1 is 1.57 bits per heavy atom. The smallest absolute Gasteiger partial charge is 0.252 e. The van der Waals surface area contributed by atoms with E-state index in [9.17, 15) is 4.79 Å². The molecule has 9 heteroatoms. The number of primary amides is 1. The Hall–Kier alpha value is -2.42. The summed E-state index contributed by atoms with van der Waals surface area (Å²) in [7, 11) is 0. The molecule has 3 aromatic rings. The maximum Gasteiger partial charge on any atom is 0.252 e. The van der Waals surface area contributed by atoms with Gasteiger partial charge in [-0.2, -0.15) is 5.10 Å². The first kappa shape index (κ1) is 14.2. The van der Waals surface area contributed by atoms with Crippen LogP contribution in [0.25, 0.3) is 4.96 Å². The van der Waals surface area contributed by atoms with Crippen molar-refractivity contribution in [2.75, 3.05) is 11.9 Å². The number of aromatic nitrogens is 5. The lowest BCUT2D eigenvalue weighted by atomic mass is 9.94. The molecule has 1 amide bonds. The van der Waals surface area contributed by atoms with Gasteiger partial charge in [0.25, 0.3) is 5.91 Å². The summed E-state index contributed by atoms with van der Waals surface area (Å²) in [4.78, 5) is 16.7. The number of nitrogens with one attached hydrogen (secondary N) is 1. The predicted octanol–water partition coefficient (Wildman–Crippen LogP) is 1.07. The Kier molecular flexibility index (Phi) is 3.29. The van der Waals surface area contributed by atoms with Gasteiger partial charge in [-0.15, -0.1) is 5.10 Å². The van der Waals surface area contributed by atoms with E-state index < -0.39 is 5.91 Å². The van der Waals surface area contributed by atoms with Crippen LogP contribution in [0.3, 0.4) is 0 Å². The van der Waals surface area contributed by atoms with Gasteiger partial charge in [0.1, 0.15) is 0 Å². The lowest BCUT2D eigenvalue weighted by molar-refractivity contribution is 0.0998. The molecule has 3 N–H and O–H groups in total. The van der Waals surface area contributed by atoms with E-state index in [1.807, 2.05) is 17.8 Å². The number of fused-ring (bicyclic) bond motifs is 2. The normalized spacial score (nSPS) is 17.3. The zero-order chi connectivity index (χ0) is 16.0. The number of rotatable bonds is 4. The van der Waals surface area contributed by atoms with Crippen LogP contribution in [-0.4, -0.2) is 36.8 Å². The summed E-state index contributed by atoms with van der Waals surface area (Å²) in [6.07, 6.45) is 5.30. The molecule has 0 radical (unpaired) electrons. The van der Waals surface area contributed by atoms with Crippen molar-refractivity contribution in [3.05, 3.63) is 29.3 Å². The van der Waals surface area contributed by atoms with E-state index in [0.29, 0.717) is 11.5 Å². The zero-order valence-electron chi connectivity index (χ0n) is 12.7. The van der Waals surface area contributed by atoms with Gasteiger partial charge in [0.05, 0.1) is 29.3 Å². The molecule has 0 unspecified atom stereocenters. The first-order valence-electron chi connectivity index (χ1n) is 7.51. The maximum absolute atomic E-state index is 11.5. The molecule has 0 fully saturated rings. The summed E-state index contributed by atoms with van der Waals surface area (Å²) < 4.78 is 3.68. The topological polar surface area (TPSA) is 103 Å². The molecule has 1 atom stereocenters. The molecule has 1 aliphatic rings. The molecule has 0 bridgehead atoms. The molecule has 4 rings (SSSR count). The average molecular weight is 331 g/mol. The van der Waals surface area contributed by atoms with Crippen molar-refractivity contribution in [1.29, 1.82) is 0 Å². The van der Waals surface area contributed by atoms with E-state index in [-0.39, 0.29) is 0 Å². The highest BCUT2D eigenvalue weighted by atomic mass is 32.1. The summed E-state index contributed by atoms with van der Waals surface area (Å²) in [5.41, 5.74) is 7.86. The predicted molar refractivity (Wildman–Crippen MR) is 86.6 cm³/mol. The van der Waals surface area contributed by atoms with Gasteiger partial charge in [0.15, 0.2) is 0 Å². The number of hydrogen-bond donors (Lipinski definition) is 2. The van der Waals surface area contributed by atoms with Gasteiger partial charge in [-0.3, -0.25) is 9.48 Å². The number of aryl methyl sites for hydroxylation is 2. The largest absolute Gasteiger partial charge is 0.365 e. The highest BCUT2D eigenvalue weighted by Gasteiger charge is 2.24. The van der Waals surface area contributed by atoms with Crippen molar-refractivity contribution in [2.24, 2.45) is 11.7 Å². The number of hydrogen-bond acceptors (Lipinski definition) is 6. The second-order valence-electron chi connectivity index (χ2n) is 5.85. The summed E-state index contributed by atoms with van der Waals surface area (Å²) in [6.45, 7) is 3.57. The van der Waals surface area contributed by atoms with Crippen LogP contribution < -0.4 is 11.1 Å². The van der Waals surface area contributed by atoms with Crippen LogP contribution in [0.2, 0.25) is 0 Å². The zero-order valence-corrected chi connectivity index (χ0v) is 13.5. The first-order chi connectivity index (χ1) is 11.1. The third-order valence-electron chi connectivity index (χ3n) is 4.15. The molecule has 23 heavy (non-hydrogen) atoms. The van der Waals surface area contributed by atoms with Crippen molar-refractivity contribution in [3.8, 4) is 0 Å². The van der Waals surface area contributed by atoms with E-state index in [4.69, 9.17) is 5.73 Å². The van der Waals surface area contributed by atoms with Gasteiger partial charge in [-0.25, -0.2) is 9.50 Å². The third-order valence-corrected chi connectivity index (χ3v) is 5.03. The average Bonchev–Trinajstić information content (AvgIpc) is 3.16. The van der Waals surface area contributed by atoms with E-state index in [2.05, 4.69) is 20.5 Å². The van der Waals surface area contributed by atoms with Crippen LogP contribution in [0.4, 0.5) is 5.13 Å². The van der Waals surface area contributed by atoms with Crippen molar-refractivity contribution in [3.63, 3.8) is 0 Å². The number of nitrogens with two attached hydrogens (primary N) is 1. The summed E-state index contributed by atoms with van der Waals surface area (Å²) in [6, 6.07) is 0. The fraction of sp³-hybridized carbons (Fsp3) is 0.429. The number of nitrogens with zero attached hydrogens (tertiary/aromatic N) is 5. The third kappa shape index (κ3) is 2.56. The highest BCUT2D eigenvalue weighted by Crippen LogP contribution is 2.24. The molecule has 0 aliphatic carbocycles. The Morgan fingerprint density at radius 2 is 2.43 bits per heavy atom. The fourth-order valence-electron chi connectivity index (χ4n) is 2.99. The molecular weight excluding hydrogens is 314 g/mol. The van der Waals surface area contributed by atoms with Crippen molar-refractivity contribution >= 4 is 27.3 Å². The molecule has 120 valence electrons. The van der Waals surface area contributed by atoms with Gasteiger partial charge in [-0.05, 0) is 25.7 Å². The van der Waals surface area contributed by atoms with Gasteiger partial charge in [-0.1, -0.05) is 11.3 Å². The van der Waals surface area contributed by atoms with Crippen LogP contribution in [0, 0.1) is 12.8 Å². The van der Waals surface area contributed by atoms with Crippen molar-refractivity contribution < 1.29 is 4.79 Å². The standard InChI is InChI=1S/C14H17N7OS/c1-8-7-21-14(18-8)23-13(19-21)16-5-9-2-3-20-11(4-9)10(6-17-20)12(15)22/h6-7,9H,2-5H2,1H3,(H2,15,22)(H,16,19)/t9-/m1/s1. The van der Waals surface area contributed by atoms with E-state index in [0.717, 1.165) is 47.4 Å². The van der Waals surface area contributed by atoms with E-state index in [1.54, 1.807) is 10.7 Å². The lowest BCUT2D eigenvalue weighted by Crippen LogP contribution is -2.27. The van der Waals surface area contributed by atoms with Crippen molar-refractivity contribution in [1.82, 2.24) is 24.4 Å². The summed E-state index contributed by atoms with van der Waals surface area (Å²) in [5, 5.41) is 12.9. The lowest BCUT2D eigenvalue weighted by Gasteiger charge is -2.23. The number of imidazole rings is 1. The highest BCUT2D eigenvalue weighted by molar-refractivity contribution is 7.20. The number of amides is 1. The molecular formula is C14H17N7OS. The fourth-order valence-corrected chi connectivity index (χ4v) is 3.83. The molecule has 0 spiro atoms. The second kappa shape index (κ2) is 5.34. The minimum absolute atomic E-state index is 0.406. The monoisotopic (exact) mass is 331 g/mol. The van der Waals surface area contributed by atoms with Crippen LogP contribution in [0.1, 0.15) is 28.2 Å².